The van der Waals surface area contributed by atoms with Crippen LogP contribution in [0.4, 0.5) is 0 Å². The summed E-state index contributed by atoms with van der Waals surface area (Å²) in [6, 6.07) is 0. The summed E-state index contributed by atoms with van der Waals surface area (Å²) in [6.07, 6.45) is 10.3. The van der Waals surface area contributed by atoms with Gasteiger partial charge in [-0.3, -0.25) is 4.79 Å². The maximum atomic E-state index is 12.8. The zero-order chi connectivity index (χ0) is 25.1. The van der Waals surface area contributed by atoms with Gasteiger partial charge in [-0.25, -0.2) is 0 Å². The molecule has 0 spiro atoms. The van der Waals surface area contributed by atoms with Crippen LogP contribution in [0.5, 0.6) is 0 Å². The standard InChI is InChI=1S/C30H48O4/c1-18-10-15-30(24(32)33)17-16-27(5)19(23(30)29(18,7)34)8-9-21-26(4)13-12-22(31)25(2,3)20(26)11-14-28(21,27)6/h8,18,20-23,31,34H,9-17H2,1-7H3,(H,32,33)/t18?,20?,21?,22-,23?,26-,27?,28+,29+,30-/m0/s1. The van der Waals surface area contributed by atoms with Crippen molar-refractivity contribution in [2.45, 2.75) is 118 Å². The van der Waals surface area contributed by atoms with Crippen molar-refractivity contribution in [3.05, 3.63) is 11.6 Å². The van der Waals surface area contributed by atoms with E-state index in [1.165, 1.54) is 5.57 Å². The first-order valence-electron chi connectivity index (χ1n) is 13.9. The highest BCUT2D eigenvalue weighted by Crippen LogP contribution is 2.76. The maximum absolute atomic E-state index is 12.8. The van der Waals surface area contributed by atoms with E-state index in [-0.39, 0.29) is 39.6 Å². The summed E-state index contributed by atoms with van der Waals surface area (Å²) in [5, 5.41) is 33.3. The monoisotopic (exact) mass is 472 g/mol. The lowest BCUT2D eigenvalue weighted by atomic mass is 9.33. The Morgan fingerprint density at radius 1 is 0.912 bits per heavy atom. The molecule has 4 saturated carbocycles. The van der Waals surface area contributed by atoms with Gasteiger partial charge in [-0.15, -0.1) is 0 Å². The molecule has 0 aliphatic heterocycles. The van der Waals surface area contributed by atoms with Crippen molar-refractivity contribution in [3.8, 4) is 0 Å². The van der Waals surface area contributed by atoms with E-state index in [1.54, 1.807) is 0 Å². The van der Waals surface area contributed by atoms with Gasteiger partial charge in [-0.2, -0.15) is 0 Å². The molecule has 0 saturated heterocycles. The Hall–Kier alpha value is -0.870. The number of carbonyl (C=O) groups is 1. The molecule has 5 unspecified atom stereocenters. The molecule has 4 fully saturated rings. The smallest absolute Gasteiger partial charge is 0.310 e. The lowest BCUT2D eigenvalue weighted by Crippen LogP contribution is -2.67. The minimum absolute atomic E-state index is 0.0716. The molecular formula is C30H48O4. The van der Waals surface area contributed by atoms with Crippen molar-refractivity contribution >= 4 is 5.97 Å². The van der Waals surface area contributed by atoms with Crippen LogP contribution in [0.3, 0.4) is 0 Å². The van der Waals surface area contributed by atoms with E-state index < -0.39 is 17.0 Å². The van der Waals surface area contributed by atoms with E-state index in [0.29, 0.717) is 24.7 Å². The van der Waals surface area contributed by atoms with Crippen LogP contribution in [0.25, 0.3) is 0 Å². The van der Waals surface area contributed by atoms with Gasteiger partial charge >= 0.3 is 5.97 Å². The first kappa shape index (κ1) is 24.8. The average Bonchev–Trinajstić information content (AvgIpc) is 2.74. The molecule has 5 aliphatic rings. The molecule has 34 heavy (non-hydrogen) atoms. The zero-order valence-corrected chi connectivity index (χ0v) is 22.6. The highest BCUT2D eigenvalue weighted by Gasteiger charge is 2.71. The minimum atomic E-state index is -1.01. The topological polar surface area (TPSA) is 77.8 Å². The van der Waals surface area contributed by atoms with Crippen molar-refractivity contribution in [1.29, 1.82) is 0 Å². The van der Waals surface area contributed by atoms with Crippen LogP contribution in [0.2, 0.25) is 0 Å². The van der Waals surface area contributed by atoms with E-state index in [0.717, 1.165) is 44.9 Å². The number of rotatable bonds is 1. The maximum Gasteiger partial charge on any atom is 0.310 e. The van der Waals surface area contributed by atoms with Crippen LogP contribution in [-0.4, -0.2) is 33.0 Å². The van der Waals surface area contributed by atoms with Gasteiger partial charge in [0.1, 0.15) is 0 Å². The predicted molar refractivity (Wildman–Crippen MR) is 134 cm³/mol. The molecule has 0 aromatic carbocycles. The minimum Gasteiger partial charge on any atom is -0.481 e. The van der Waals surface area contributed by atoms with Crippen LogP contribution < -0.4 is 0 Å². The first-order chi connectivity index (χ1) is 15.6. The molecule has 0 bridgehead atoms. The Labute approximate surface area is 206 Å². The second-order valence-electron chi connectivity index (χ2n) is 14.7. The fraction of sp³-hybridized carbons (Fsp3) is 0.900. The first-order valence-corrected chi connectivity index (χ1v) is 13.9. The van der Waals surface area contributed by atoms with Gasteiger partial charge in [0, 0.05) is 5.92 Å². The Bertz CT molecular complexity index is 919. The van der Waals surface area contributed by atoms with Crippen LogP contribution in [0, 0.1) is 50.7 Å². The van der Waals surface area contributed by atoms with Gasteiger partial charge in [0.2, 0.25) is 0 Å². The predicted octanol–water partition coefficient (Wildman–Crippen LogP) is 6.20. The van der Waals surface area contributed by atoms with E-state index >= 15 is 0 Å². The number of carboxylic acid groups (broad SMARTS) is 1. The molecule has 4 heteroatoms. The third-order valence-corrected chi connectivity index (χ3v) is 13.5. The Morgan fingerprint density at radius 2 is 1.59 bits per heavy atom. The number of aliphatic hydroxyl groups is 2. The number of carboxylic acids is 1. The SMILES string of the molecule is CC1CC[C@]2(C(=O)O)CCC3(C)C(=CCC4[C@@]5(C)CC[C@H](O)C(C)(C)C5CC[C@]43C)C2[C@]1(C)O. The zero-order valence-electron chi connectivity index (χ0n) is 22.6. The van der Waals surface area contributed by atoms with Gasteiger partial charge < -0.3 is 15.3 Å². The Kier molecular flexibility index (Phi) is 5.20. The van der Waals surface area contributed by atoms with Crippen molar-refractivity contribution in [3.63, 3.8) is 0 Å². The van der Waals surface area contributed by atoms with Crippen molar-refractivity contribution in [2.24, 2.45) is 50.7 Å². The molecule has 0 aromatic rings. The molecule has 3 N–H and O–H groups in total. The van der Waals surface area contributed by atoms with E-state index in [4.69, 9.17) is 0 Å². The van der Waals surface area contributed by atoms with E-state index in [9.17, 15) is 20.1 Å². The largest absolute Gasteiger partial charge is 0.481 e. The molecule has 192 valence electrons. The van der Waals surface area contributed by atoms with E-state index in [1.807, 2.05) is 6.92 Å². The van der Waals surface area contributed by atoms with Gasteiger partial charge in [-0.05, 0) is 104 Å². The highest BCUT2D eigenvalue weighted by atomic mass is 16.4. The number of aliphatic carboxylic acids is 1. The molecule has 0 heterocycles. The molecule has 0 aromatic heterocycles. The Balaban J connectivity index is 1.64. The molecule has 5 aliphatic carbocycles. The fourth-order valence-electron chi connectivity index (χ4n) is 10.8. The molecular weight excluding hydrogens is 424 g/mol. The molecule has 10 atom stereocenters. The number of hydrogen-bond donors (Lipinski definition) is 3. The van der Waals surface area contributed by atoms with E-state index in [2.05, 4.69) is 47.6 Å². The van der Waals surface area contributed by atoms with Crippen LogP contribution in [0.1, 0.15) is 106 Å². The lowest BCUT2D eigenvalue weighted by molar-refractivity contribution is -0.217. The third-order valence-electron chi connectivity index (χ3n) is 13.5. The summed E-state index contributed by atoms with van der Waals surface area (Å²) in [5.41, 5.74) is -0.532. The summed E-state index contributed by atoms with van der Waals surface area (Å²) in [5.74, 6) is 0.0848. The van der Waals surface area contributed by atoms with Crippen molar-refractivity contribution in [2.75, 3.05) is 0 Å². The number of fused-ring (bicyclic) bond motifs is 7. The normalized spacial score (nSPS) is 56.3. The molecule has 4 nitrogen and oxygen atoms in total. The fourth-order valence-corrected chi connectivity index (χ4v) is 10.8. The molecule has 0 radical (unpaired) electrons. The summed E-state index contributed by atoms with van der Waals surface area (Å²) >= 11 is 0. The molecule has 0 amide bonds. The number of allylic oxidation sites excluding steroid dienone is 1. The summed E-state index contributed by atoms with van der Waals surface area (Å²) in [4.78, 5) is 12.8. The second-order valence-corrected chi connectivity index (χ2v) is 14.7. The second kappa shape index (κ2) is 7.12. The van der Waals surface area contributed by atoms with Crippen LogP contribution >= 0.6 is 0 Å². The Morgan fingerprint density at radius 3 is 2.24 bits per heavy atom. The molecule has 5 rings (SSSR count). The summed E-state index contributed by atoms with van der Waals surface area (Å²) in [7, 11) is 0. The summed E-state index contributed by atoms with van der Waals surface area (Å²) < 4.78 is 0. The van der Waals surface area contributed by atoms with Crippen molar-refractivity contribution in [1.82, 2.24) is 0 Å². The number of aliphatic hydroxyl groups excluding tert-OH is 1. The lowest BCUT2D eigenvalue weighted by Gasteiger charge is -2.71. The van der Waals surface area contributed by atoms with Gasteiger partial charge in [-0.1, -0.05) is 53.2 Å². The number of hydrogen-bond acceptors (Lipinski definition) is 3. The van der Waals surface area contributed by atoms with Crippen molar-refractivity contribution < 1.29 is 20.1 Å². The quantitative estimate of drug-likeness (QED) is 0.397. The van der Waals surface area contributed by atoms with Gasteiger partial charge in [0.05, 0.1) is 17.1 Å². The summed E-state index contributed by atoms with van der Waals surface area (Å²) in [6.45, 7) is 16.0. The third kappa shape index (κ3) is 2.71. The highest BCUT2D eigenvalue weighted by molar-refractivity contribution is 5.77. The van der Waals surface area contributed by atoms with Gasteiger partial charge in [0.25, 0.3) is 0 Å². The van der Waals surface area contributed by atoms with Gasteiger partial charge in [0.15, 0.2) is 0 Å². The average molecular weight is 473 g/mol. The van der Waals surface area contributed by atoms with Crippen LogP contribution in [0.15, 0.2) is 11.6 Å². The van der Waals surface area contributed by atoms with Crippen LogP contribution in [-0.2, 0) is 4.79 Å².